The van der Waals surface area contributed by atoms with E-state index in [-0.39, 0.29) is 16.5 Å². The minimum Gasteiger partial charge on any atom is -0.347 e. The summed E-state index contributed by atoms with van der Waals surface area (Å²) in [4.78, 5) is 37.1. The third-order valence-corrected chi connectivity index (χ3v) is 5.41. The summed E-state index contributed by atoms with van der Waals surface area (Å²) >= 11 is 5.95. The normalized spacial score (nSPS) is 11.6. The number of nitrogens with zero attached hydrogens (tertiary/aromatic N) is 6. The summed E-state index contributed by atoms with van der Waals surface area (Å²) in [6.45, 7) is 2.81. The van der Waals surface area contributed by atoms with Crippen LogP contribution in [-0.2, 0) is 26.6 Å². The zero-order chi connectivity index (χ0) is 22.0. The predicted octanol–water partition coefficient (Wildman–Crippen LogP) is 2.75. The number of imidazole rings is 1. The molecule has 0 spiro atoms. The van der Waals surface area contributed by atoms with Crippen molar-refractivity contribution in [3.05, 3.63) is 50.3 Å². The highest BCUT2D eigenvalue weighted by atomic mass is 35.5. The van der Waals surface area contributed by atoms with Crippen LogP contribution in [0.25, 0.3) is 22.7 Å². The molecule has 4 heterocycles. The van der Waals surface area contributed by atoms with Crippen LogP contribution in [0.15, 0.2) is 32.4 Å². The fourth-order valence-corrected chi connectivity index (χ4v) is 3.72. The molecule has 0 radical (unpaired) electrons. The number of hydrogen-bond acceptors (Lipinski definition) is 6. The van der Waals surface area contributed by atoms with Gasteiger partial charge in [0.2, 0.25) is 5.28 Å². The number of H-pyrrole nitrogens is 1. The molecule has 164 valence electrons. The monoisotopic (exact) mass is 445 g/mol. The van der Waals surface area contributed by atoms with E-state index >= 15 is 0 Å². The number of fused-ring (bicyclic) bond motifs is 1. The first kappa shape index (κ1) is 21.1. The predicted molar refractivity (Wildman–Crippen MR) is 116 cm³/mol. The SMILES string of the molecule is CCCCn1c(=O)n(CCCCc2noc(-c3cccn3C)n2)c(=O)c2[nH]c(Cl)nc21. The van der Waals surface area contributed by atoms with E-state index in [1.807, 2.05) is 36.9 Å². The number of unbranched alkanes of at least 4 members (excludes halogenated alkanes) is 2. The molecule has 0 aromatic carbocycles. The van der Waals surface area contributed by atoms with E-state index in [4.69, 9.17) is 16.1 Å². The first-order valence-electron chi connectivity index (χ1n) is 10.3. The van der Waals surface area contributed by atoms with Gasteiger partial charge in [-0.25, -0.2) is 4.79 Å². The van der Waals surface area contributed by atoms with Crippen LogP contribution in [0.2, 0.25) is 5.28 Å². The van der Waals surface area contributed by atoms with Gasteiger partial charge >= 0.3 is 5.69 Å². The van der Waals surface area contributed by atoms with Gasteiger partial charge in [-0.2, -0.15) is 9.97 Å². The molecule has 0 fully saturated rings. The largest absolute Gasteiger partial charge is 0.347 e. The highest BCUT2D eigenvalue weighted by molar-refractivity contribution is 6.28. The first-order chi connectivity index (χ1) is 15.0. The molecular formula is C20H24ClN7O3. The van der Waals surface area contributed by atoms with Gasteiger partial charge in [0.25, 0.3) is 11.4 Å². The molecule has 0 aliphatic rings. The van der Waals surface area contributed by atoms with Crippen molar-refractivity contribution < 1.29 is 4.52 Å². The first-order valence-corrected chi connectivity index (χ1v) is 10.7. The van der Waals surface area contributed by atoms with Crippen LogP contribution in [0.5, 0.6) is 0 Å². The lowest BCUT2D eigenvalue weighted by Crippen LogP contribution is -2.40. The van der Waals surface area contributed by atoms with Crippen molar-refractivity contribution in [1.29, 1.82) is 0 Å². The molecule has 0 unspecified atom stereocenters. The summed E-state index contributed by atoms with van der Waals surface area (Å²) in [6.07, 6.45) is 5.54. The summed E-state index contributed by atoms with van der Waals surface area (Å²) < 4.78 is 10.0. The zero-order valence-corrected chi connectivity index (χ0v) is 18.2. The summed E-state index contributed by atoms with van der Waals surface area (Å²) in [6, 6.07) is 3.82. The fraction of sp³-hybridized carbons (Fsp3) is 0.450. The lowest BCUT2D eigenvalue weighted by Gasteiger charge is -2.10. The second-order valence-electron chi connectivity index (χ2n) is 7.45. The van der Waals surface area contributed by atoms with E-state index in [1.165, 1.54) is 9.13 Å². The Balaban J connectivity index is 1.47. The van der Waals surface area contributed by atoms with Crippen LogP contribution in [0.4, 0.5) is 0 Å². The Hall–Kier alpha value is -3.14. The second kappa shape index (κ2) is 8.93. The van der Waals surface area contributed by atoms with Crippen molar-refractivity contribution in [2.45, 2.75) is 52.1 Å². The highest BCUT2D eigenvalue weighted by Crippen LogP contribution is 2.17. The molecule has 0 atom stereocenters. The highest BCUT2D eigenvalue weighted by Gasteiger charge is 2.17. The van der Waals surface area contributed by atoms with E-state index in [1.54, 1.807) is 0 Å². The molecule has 4 aromatic heterocycles. The van der Waals surface area contributed by atoms with Gasteiger partial charge in [-0.15, -0.1) is 0 Å². The van der Waals surface area contributed by atoms with Gasteiger partial charge in [-0.05, 0) is 43.0 Å². The zero-order valence-electron chi connectivity index (χ0n) is 17.5. The number of aromatic amines is 1. The maximum Gasteiger partial charge on any atom is 0.332 e. The molecule has 0 amide bonds. The number of rotatable bonds is 9. The van der Waals surface area contributed by atoms with Crippen LogP contribution in [0.3, 0.4) is 0 Å². The number of aryl methyl sites for hydroxylation is 3. The van der Waals surface area contributed by atoms with Crippen LogP contribution >= 0.6 is 11.6 Å². The minimum absolute atomic E-state index is 0.0978. The van der Waals surface area contributed by atoms with E-state index in [0.29, 0.717) is 49.7 Å². The van der Waals surface area contributed by atoms with E-state index in [0.717, 1.165) is 18.5 Å². The molecule has 1 N–H and O–H groups in total. The molecule has 0 bridgehead atoms. The van der Waals surface area contributed by atoms with Crippen molar-refractivity contribution in [3.8, 4) is 11.6 Å². The van der Waals surface area contributed by atoms with E-state index < -0.39 is 5.56 Å². The number of aromatic nitrogens is 7. The second-order valence-corrected chi connectivity index (χ2v) is 7.81. The Kier molecular flexibility index (Phi) is 6.08. The summed E-state index contributed by atoms with van der Waals surface area (Å²) in [5, 5.41) is 4.12. The van der Waals surface area contributed by atoms with Crippen molar-refractivity contribution >= 4 is 22.8 Å². The Bertz CT molecular complexity index is 1310. The summed E-state index contributed by atoms with van der Waals surface area (Å²) in [5.74, 6) is 1.07. The number of hydrogen-bond donors (Lipinski definition) is 1. The van der Waals surface area contributed by atoms with Gasteiger partial charge < -0.3 is 14.1 Å². The van der Waals surface area contributed by atoms with Crippen molar-refractivity contribution in [2.24, 2.45) is 7.05 Å². The Morgan fingerprint density at radius 2 is 1.94 bits per heavy atom. The average molecular weight is 446 g/mol. The van der Waals surface area contributed by atoms with E-state index in [9.17, 15) is 9.59 Å². The van der Waals surface area contributed by atoms with Gasteiger partial charge in [-0.1, -0.05) is 18.5 Å². The van der Waals surface area contributed by atoms with Crippen molar-refractivity contribution in [2.75, 3.05) is 0 Å². The van der Waals surface area contributed by atoms with Crippen molar-refractivity contribution in [3.63, 3.8) is 0 Å². The molecule has 4 rings (SSSR count). The van der Waals surface area contributed by atoms with Crippen LogP contribution in [0, 0.1) is 0 Å². The summed E-state index contributed by atoms with van der Waals surface area (Å²) in [7, 11) is 1.91. The van der Waals surface area contributed by atoms with Crippen LogP contribution in [-0.4, -0.2) is 33.8 Å². The molecule has 0 saturated heterocycles. The quantitative estimate of drug-likeness (QED) is 0.312. The smallest absolute Gasteiger partial charge is 0.332 e. The molecular weight excluding hydrogens is 422 g/mol. The maximum absolute atomic E-state index is 12.9. The Labute approximate surface area is 182 Å². The van der Waals surface area contributed by atoms with Crippen LogP contribution in [0.1, 0.15) is 38.4 Å². The Morgan fingerprint density at radius 1 is 1.13 bits per heavy atom. The standard InChI is InChI=1S/C20H24ClN7O3/c1-3-4-11-27-16-15(23-19(21)24-16)18(29)28(20(27)30)12-6-5-9-14-22-17(31-25-14)13-8-7-10-26(13)2/h7-8,10H,3-6,9,11-12H2,1-2H3,(H,23,24). The fourth-order valence-electron chi connectivity index (χ4n) is 3.55. The van der Waals surface area contributed by atoms with Gasteiger partial charge in [0.15, 0.2) is 17.0 Å². The van der Waals surface area contributed by atoms with Gasteiger partial charge in [0, 0.05) is 32.8 Å². The third-order valence-electron chi connectivity index (χ3n) is 5.23. The third kappa shape index (κ3) is 4.20. The van der Waals surface area contributed by atoms with Gasteiger partial charge in [-0.3, -0.25) is 13.9 Å². The molecule has 10 nitrogen and oxygen atoms in total. The number of halogens is 1. The minimum atomic E-state index is -0.405. The van der Waals surface area contributed by atoms with Crippen LogP contribution < -0.4 is 11.2 Å². The molecule has 0 aliphatic heterocycles. The summed E-state index contributed by atoms with van der Waals surface area (Å²) in [5.41, 5.74) is 0.651. The van der Waals surface area contributed by atoms with Gasteiger partial charge in [0.05, 0.1) is 0 Å². The molecule has 11 heteroatoms. The Morgan fingerprint density at radius 3 is 2.68 bits per heavy atom. The van der Waals surface area contributed by atoms with Crippen molar-refractivity contribution in [1.82, 2.24) is 33.8 Å². The average Bonchev–Trinajstić information content (AvgIpc) is 3.47. The maximum atomic E-state index is 12.9. The topological polar surface area (TPSA) is 117 Å². The van der Waals surface area contributed by atoms with Gasteiger partial charge in [0.1, 0.15) is 5.69 Å². The lowest BCUT2D eigenvalue weighted by atomic mass is 10.2. The lowest BCUT2D eigenvalue weighted by molar-refractivity contribution is 0.418. The number of nitrogens with one attached hydrogen (secondary N) is 1. The molecule has 31 heavy (non-hydrogen) atoms. The molecule has 0 aliphatic carbocycles. The molecule has 0 saturated carbocycles. The molecule has 4 aromatic rings. The van der Waals surface area contributed by atoms with E-state index in [2.05, 4.69) is 20.1 Å².